The van der Waals surface area contributed by atoms with Gasteiger partial charge in [0.1, 0.15) is 11.4 Å². The number of anilines is 1. The zero-order chi connectivity index (χ0) is 29.7. The van der Waals surface area contributed by atoms with Gasteiger partial charge in [-0.2, -0.15) is 5.10 Å². The van der Waals surface area contributed by atoms with E-state index in [1.807, 2.05) is 39.1 Å². The SMILES string of the molecule is C=C/C(=C\C(=C/C)c1ncc2[nH]nc(C(=C)Nc3cncc(-c4ccc(C(=C)C)s4)c3C)c2c1F)NC(=C)CCC. The van der Waals surface area contributed by atoms with Gasteiger partial charge in [0.05, 0.1) is 34.7 Å². The van der Waals surface area contributed by atoms with Crippen LogP contribution in [0.3, 0.4) is 0 Å². The monoisotopic (exact) mass is 566 g/mol. The first-order valence-corrected chi connectivity index (χ1v) is 14.1. The Morgan fingerprint density at radius 1 is 1.15 bits per heavy atom. The molecule has 41 heavy (non-hydrogen) atoms. The first-order chi connectivity index (χ1) is 19.7. The second-order valence-corrected chi connectivity index (χ2v) is 10.8. The maximum Gasteiger partial charge on any atom is 0.161 e. The predicted octanol–water partition coefficient (Wildman–Crippen LogP) is 9.02. The van der Waals surface area contributed by atoms with Crippen molar-refractivity contribution in [2.24, 2.45) is 0 Å². The summed E-state index contributed by atoms with van der Waals surface area (Å²) in [5.41, 5.74) is 7.41. The van der Waals surface area contributed by atoms with Crippen molar-refractivity contribution in [3.05, 3.63) is 114 Å². The molecule has 4 heterocycles. The van der Waals surface area contributed by atoms with Crippen LogP contribution in [-0.4, -0.2) is 20.2 Å². The number of rotatable bonds is 12. The second kappa shape index (κ2) is 12.7. The van der Waals surface area contributed by atoms with E-state index in [0.29, 0.717) is 33.6 Å². The molecule has 0 aliphatic rings. The van der Waals surface area contributed by atoms with Crippen LogP contribution in [0, 0.1) is 12.7 Å². The summed E-state index contributed by atoms with van der Waals surface area (Å²) in [7, 11) is 0. The Labute approximate surface area is 244 Å². The van der Waals surface area contributed by atoms with E-state index < -0.39 is 5.82 Å². The molecule has 0 aliphatic heterocycles. The van der Waals surface area contributed by atoms with Crippen LogP contribution in [0.5, 0.6) is 0 Å². The van der Waals surface area contributed by atoms with E-state index >= 15 is 4.39 Å². The van der Waals surface area contributed by atoms with Gasteiger partial charge in [-0.25, -0.2) is 4.39 Å². The molecule has 0 radical (unpaired) electrons. The van der Waals surface area contributed by atoms with Crippen LogP contribution >= 0.6 is 11.3 Å². The Kier molecular flexibility index (Phi) is 9.14. The van der Waals surface area contributed by atoms with Gasteiger partial charge in [0.15, 0.2) is 5.82 Å². The van der Waals surface area contributed by atoms with Crippen molar-refractivity contribution in [2.45, 2.75) is 40.5 Å². The van der Waals surface area contributed by atoms with Crippen molar-refractivity contribution in [3.63, 3.8) is 0 Å². The number of hydrogen-bond donors (Lipinski definition) is 3. The van der Waals surface area contributed by atoms with Crippen LogP contribution in [0.1, 0.15) is 55.4 Å². The van der Waals surface area contributed by atoms with Crippen LogP contribution in [-0.2, 0) is 0 Å². The van der Waals surface area contributed by atoms with Gasteiger partial charge >= 0.3 is 0 Å². The largest absolute Gasteiger partial charge is 0.359 e. The number of aromatic amines is 1. The molecular formula is C33H35FN6S. The summed E-state index contributed by atoms with van der Waals surface area (Å²) < 4.78 is 16.1. The Bertz CT molecular complexity index is 1720. The van der Waals surface area contributed by atoms with Crippen LogP contribution in [0.2, 0.25) is 0 Å². The topological polar surface area (TPSA) is 78.5 Å². The van der Waals surface area contributed by atoms with Gasteiger partial charge in [-0.05, 0) is 62.6 Å². The van der Waals surface area contributed by atoms with Crippen LogP contribution in [0.4, 0.5) is 10.1 Å². The molecule has 8 heteroatoms. The third-order valence-corrected chi connectivity index (χ3v) is 7.89. The van der Waals surface area contributed by atoms with E-state index in [0.717, 1.165) is 50.7 Å². The molecule has 3 N–H and O–H groups in total. The number of aromatic nitrogens is 4. The number of thiophene rings is 1. The van der Waals surface area contributed by atoms with Gasteiger partial charge in [0.25, 0.3) is 0 Å². The summed E-state index contributed by atoms with van der Waals surface area (Å²) in [5.74, 6) is -0.496. The number of allylic oxidation sites excluding steroid dienone is 6. The molecule has 210 valence electrons. The number of hydrogen-bond acceptors (Lipinski definition) is 6. The Balaban J connectivity index is 1.67. The molecule has 6 nitrogen and oxygen atoms in total. The van der Waals surface area contributed by atoms with Crippen molar-refractivity contribution < 1.29 is 4.39 Å². The number of H-pyrrole nitrogens is 1. The third-order valence-electron chi connectivity index (χ3n) is 6.61. The van der Waals surface area contributed by atoms with E-state index in [1.54, 1.807) is 29.8 Å². The second-order valence-electron chi connectivity index (χ2n) is 9.72. The molecule has 4 rings (SSSR count). The maximum atomic E-state index is 16.1. The molecule has 0 amide bonds. The smallest absolute Gasteiger partial charge is 0.161 e. The fraction of sp³-hybridized carbons (Fsp3) is 0.182. The normalized spacial score (nSPS) is 11.9. The van der Waals surface area contributed by atoms with Gasteiger partial charge in [0.2, 0.25) is 0 Å². The van der Waals surface area contributed by atoms with E-state index in [9.17, 15) is 0 Å². The molecule has 0 spiro atoms. The average molecular weight is 567 g/mol. The van der Waals surface area contributed by atoms with Gasteiger partial charge in [-0.15, -0.1) is 11.3 Å². The summed E-state index contributed by atoms with van der Waals surface area (Å²) in [4.78, 5) is 11.1. The molecule has 0 fully saturated rings. The average Bonchev–Trinajstić information content (AvgIpc) is 3.61. The molecular weight excluding hydrogens is 531 g/mol. The molecule has 4 aromatic heterocycles. The van der Waals surface area contributed by atoms with Crippen molar-refractivity contribution in [1.29, 1.82) is 0 Å². The molecule has 4 aromatic rings. The van der Waals surface area contributed by atoms with E-state index in [1.165, 1.54) is 0 Å². The lowest BCUT2D eigenvalue weighted by atomic mass is 10.1. The van der Waals surface area contributed by atoms with Crippen molar-refractivity contribution in [1.82, 2.24) is 25.5 Å². The summed E-state index contributed by atoms with van der Waals surface area (Å²) >= 11 is 1.67. The third kappa shape index (κ3) is 6.28. The minimum Gasteiger partial charge on any atom is -0.359 e. The fourth-order valence-electron chi connectivity index (χ4n) is 4.40. The van der Waals surface area contributed by atoms with E-state index in [4.69, 9.17) is 0 Å². The fourth-order valence-corrected chi connectivity index (χ4v) is 5.40. The maximum absolute atomic E-state index is 16.1. The highest BCUT2D eigenvalue weighted by Crippen LogP contribution is 2.36. The quantitative estimate of drug-likeness (QED) is 0.149. The highest BCUT2D eigenvalue weighted by molar-refractivity contribution is 7.16. The number of pyridine rings is 2. The Morgan fingerprint density at radius 2 is 1.93 bits per heavy atom. The van der Waals surface area contributed by atoms with Gasteiger partial charge in [0, 0.05) is 38.5 Å². The predicted molar refractivity (Wildman–Crippen MR) is 173 cm³/mol. The van der Waals surface area contributed by atoms with E-state index in [2.05, 4.69) is 76.2 Å². The number of nitrogens with one attached hydrogen (secondary N) is 3. The highest BCUT2D eigenvalue weighted by atomic mass is 32.1. The minimum absolute atomic E-state index is 0.198. The lowest BCUT2D eigenvalue weighted by Crippen LogP contribution is -2.10. The van der Waals surface area contributed by atoms with Crippen LogP contribution < -0.4 is 10.6 Å². The zero-order valence-corrected chi connectivity index (χ0v) is 24.8. The summed E-state index contributed by atoms with van der Waals surface area (Å²) in [6.07, 6.45) is 12.2. The summed E-state index contributed by atoms with van der Waals surface area (Å²) in [6.45, 7) is 24.1. The lowest BCUT2D eigenvalue weighted by molar-refractivity contribution is 0.629. The number of halogens is 1. The summed E-state index contributed by atoms with van der Waals surface area (Å²) in [5, 5.41) is 14.1. The first-order valence-electron chi connectivity index (χ1n) is 13.3. The van der Waals surface area contributed by atoms with Crippen molar-refractivity contribution >= 4 is 44.8 Å². The highest BCUT2D eigenvalue weighted by Gasteiger charge is 2.20. The molecule has 0 atom stereocenters. The molecule has 0 aromatic carbocycles. The van der Waals surface area contributed by atoms with Crippen molar-refractivity contribution in [2.75, 3.05) is 5.32 Å². The first kappa shape index (κ1) is 29.4. The van der Waals surface area contributed by atoms with Gasteiger partial charge in [-0.1, -0.05) is 45.7 Å². The van der Waals surface area contributed by atoms with E-state index in [-0.39, 0.29) is 5.69 Å². The Hall–Kier alpha value is -4.56. The lowest BCUT2D eigenvalue weighted by Gasteiger charge is -2.14. The number of fused-ring (bicyclic) bond motifs is 1. The number of nitrogens with zero attached hydrogens (tertiary/aromatic N) is 3. The zero-order valence-electron chi connectivity index (χ0n) is 24.0. The van der Waals surface area contributed by atoms with Gasteiger partial charge in [-0.3, -0.25) is 15.1 Å². The van der Waals surface area contributed by atoms with Crippen LogP contribution in [0.25, 0.3) is 38.2 Å². The standard InChI is InChI=1S/C33H35FN6S/c1-9-12-20(6)37-24(11-3)15-23(10-2)33-31(34)30-27(18-36-33)39-40-32(30)22(8)38-26-17-35-16-25(21(26)7)29-14-13-28(41-29)19(4)5/h10-11,13-18,37-38H,3-4,6,8-9,12H2,1-2,5,7H3,(H,39,40)/b23-10+,24-15+. The molecule has 0 aliphatic carbocycles. The van der Waals surface area contributed by atoms with Crippen LogP contribution in [0.15, 0.2) is 86.7 Å². The van der Waals surface area contributed by atoms with Crippen molar-refractivity contribution in [3.8, 4) is 10.4 Å². The Morgan fingerprint density at radius 3 is 2.59 bits per heavy atom. The molecule has 0 unspecified atom stereocenters. The molecule has 0 saturated heterocycles. The summed E-state index contributed by atoms with van der Waals surface area (Å²) in [6, 6.07) is 4.14. The molecule has 0 saturated carbocycles. The minimum atomic E-state index is -0.496. The molecule has 0 bridgehead atoms. The van der Waals surface area contributed by atoms with Gasteiger partial charge < -0.3 is 10.6 Å².